The van der Waals surface area contributed by atoms with Gasteiger partial charge in [-0.2, -0.15) is 0 Å². The molecule has 21 heavy (non-hydrogen) atoms. The number of fused-ring (bicyclic) bond motifs is 1. The van der Waals surface area contributed by atoms with Gasteiger partial charge in [0.25, 0.3) is 0 Å². The Bertz CT molecular complexity index is 629. The summed E-state index contributed by atoms with van der Waals surface area (Å²) in [6, 6.07) is 3.47. The van der Waals surface area contributed by atoms with Crippen LogP contribution in [-0.4, -0.2) is 15.4 Å². The van der Waals surface area contributed by atoms with Crippen LogP contribution < -0.4 is 0 Å². The highest BCUT2D eigenvalue weighted by atomic mass is 35.5. The Kier molecular flexibility index (Phi) is 4.48. The van der Waals surface area contributed by atoms with Crippen molar-refractivity contribution < 1.29 is 4.39 Å². The number of aromatic nitrogens is 2. The van der Waals surface area contributed by atoms with Crippen LogP contribution in [-0.2, 0) is 13.0 Å². The number of hydrogen-bond acceptors (Lipinski definition) is 1. The van der Waals surface area contributed by atoms with E-state index in [9.17, 15) is 4.39 Å². The van der Waals surface area contributed by atoms with Crippen molar-refractivity contribution in [2.24, 2.45) is 5.92 Å². The predicted molar refractivity (Wildman–Crippen MR) is 85.4 cm³/mol. The van der Waals surface area contributed by atoms with Crippen LogP contribution in [0, 0.1) is 18.7 Å². The zero-order valence-electron chi connectivity index (χ0n) is 12.5. The molecule has 0 unspecified atom stereocenters. The largest absolute Gasteiger partial charge is 0.328 e. The zero-order valence-corrected chi connectivity index (χ0v) is 13.3. The Balaban J connectivity index is 1.92. The molecule has 1 aliphatic carbocycles. The van der Waals surface area contributed by atoms with E-state index in [1.807, 2.05) is 13.0 Å². The van der Waals surface area contributed by atoms with E-state index in [0.717, 1.165) is 35.7 Å². The number of rotatable bonds is 5. The number of hydrogen-bond donors (Lipinski definition) is 0. The third-order valence-electron chi connectivity index (χ3n) is 4.66. The van der Waals surface area contributed by atoms with Crippen molar-refractivity contribution >= 4 is 22.6 Å². The monoisotopic (exact) mass is 308 g/mol. The average molecular weight is 309 g/mol. The maximum absolute atomic E-state index is 13.7. The smallest absolute Gasteiger partial charge is 0.128 e. The summed E-state index contributed by atoms with van der Waals surface area (Å²) in [6.45, 7) is 2.78. The Morgan fingerprint density at radius 1 is 1.33 bits per heavy atom. The molecule has 2 nitrogen and oxygen atoms in total. The van der Waals surface area contributed by atoms with Gasteiger partial charge < -0.3 is 4.57 Å². The van der Waals surface area contributed by atoms with Crippen LogP contribution in [0.4, 0.5) is 4.39 Å². The number of benzene rings is 1. The number of nitrogens with zero attached hydrogens (tertiary/aromatic N) is 2. The van der Waals surface area contributed by atoms with Crippen LogP contribution in [0.3, 0.4) is 0 Å². The Labute approximate surface area is 130 Å². The van der Waals surface area contributed by atoms with Crippen LogP contribution in [0.2, 0.25) is 0 Å². The standard InChI is InChI=1S/C17H22ClFN2/c1-12-10-16-15(11-14(12)19)20-17(6-8-18)21(16)9-7-13-4-2-3-5-13/h10-11,13H,2-9H2,1H3. The van der Waals surface area contributed by atoms with Crippen molar-refractivity contribution in [3.63, 3.8) is 0 Å². The molecule has 3 rings (SSSR count). The van der Waals surface area contributed by atoms with Crippen LogP contribution in [0.5, 0.6) is 0 Å². The van der Waals surface area contributed by atoms with Crippen molar-refractivity contribution in [1.29, 1.82) is 0 Å². The fourth-order valence-electron chi connectivity index (χ4n) is 3.44. The number of alkyl halides is 1. The highest BCUT2D eigenvalue weighted by molar-refractivity contribution is 6.17. The highest BCUT2D eigenvalue weighted by Gasteiger charge is 2.17. The third kappa shape index (κ3) is 3.08. The van der Waals surface area contributed by atoms with Crippen LogP contribution in [0.15, 0.2) is 12.1 Å². The maximum atomic E-state index is 13.7. The molecule has 0 N–H and O–H groups in total. The summed E-state index contributed by atoms with van der Waals surface area (Å²) < 4.78 is 16.0. The van der Waals surface area contributed by atoms with E-state index >= 15 is 0 Å². The van der Waals surface area contributed by atoms with Gasteiger partial charge in [-0.3, -0.25) is 0 Å². The predicted octanol–water partition coefficient (Wildman–Crippen LogP) is 4.85. The lowest BCUT2D eigenvalue weighted by Crippen LogP contribution is -2.08. The summed E-state index contributed by atoms with van der Waals surface area (Å²) in [5.41, 5.74) is 2.48. The first kappa shape index (κ1) is 14.8. The minimum atomic E-state index is -0.180. The molecule has 0 aliphatic heterocycles. The average Bonchev–Trinajstić information content (AvgIpc) is 3.06. The zero-order chi connectivity index (χ0) is 14.8. The number of aryl methyl sites for hydroxylation is 3. The summed E-state index contributed by atoms with van der Waals surface area (Å²) in [7, 11) is 0. The second-order valence-electron chi connectivity index (χ2n) is 6.15. The van der Waals surface area contributed by atoms with Crippen LogP contribution in [0.1, 0.15) is 43.5 Å². The highest BCUT2D eigenvalue weighted by Crippen LogP contribution is 2.29. The lowest BCUT2D eigenvalue weighted by Gasteiger charge is -2.13. The molecule has 1 fully saturated rings. The normalized spacial score (nSPS) is 16.1. The SMILES string of the molecule is Cc1cc2c(cc1F)nc(CCCl)n2CCC1CCCC1. The molecule has 1 aromatic heterocycles. The molecule has 1 heterocycles. The Hall–Kier alpha value is -1.09. The van der Waals surface area contributed by atoms with Gasteiger partial charge in [-0.15, -0.1) is 11.6 Å². The van der Waals surface area contributed by atoms with Gasteiger partial charge in [-0.05, 0) is 30.9 Å². The first-order chi connectivity index (χ1) is 10.2. The summed E-state index contributed by atoms with van der Waals surface area (Å²) in [5, 5.41) is 0. The molecule has 114 valence electrons. The van der Waals surface area contributed by atoms with Gasteiger partial charge >= 0.3 is 0 Å². The Morgan fingerprint density at radius 3 is 2.81 bits per heavy atom. The summed E-state index contributed by atoms with van der Waals surface area (Å²) >= 11 is 5.90. The van der Waals surface area contributed by atoms with Gasteiger partial charge in [-0.1, -0.05) is 25.7 Å². The molecule has 1 aliphatic rings. The van der Waals surface area contributed by atoms with Gasteiger partial charge in [0.1, 0.15) is 11.6 Å². The number of halogens is 2. The summed E-state index contributed by atoms with van der Waals surface area (Å²) in [5.74, 6) is 2.20. The van der Waals surface area contributed by atoms with E-state index in [1.54, 1.807) is 6.07 Å². The summed E-state index contributed by atoms with van der Waals surface area (Å²) in [4.78, 5) is 4.59. The molecule has 0 bridgehead atoms. The third-order valence-corrected chi connectivity index (χ3v) is 4.85. The molecule has 1 aromatic carbocycles. The van der Waals surface area contributed by atoms with Crippen LogP contribution >= 0.6 is 11.6 Å². The first-order valence-corrected chi connectivity index (χ1v) is 8.43. The van der Waals surface area contributed by atoms with E-state index < -0.39 is 0 Å². The quantitative estimate of drug-likeness (QED) is 0.722. The van der Waals surface area contributed by atoms with Crippen molar-refractivity contribution in [3.8, 4) is 0 Å². The molecular weight excluding hydrogens is 287 g/mol. The van der Waals surface area contributed by atoms with Gasteiger partial charge in [0.15, 0.2) is 0 Å². The molecule has 0 amide bonds. The van der Waals surface area contributed by atoms with Crippen molar-refractivity contribution in [3.05, 3.63) is 29.3 Å². The maximum Gasteiger partial charge on any atom is 0.128 e. The van der Waals surface area contributed by atoms with Gasteiger partial charge in [0.2, 0.25) is 0 Å². The molecule has 2 aromatic rings. The van der Waals surface area contributed by atoms with Crippen LogP contribution in [0.25, 0.3) is 11.0 Å². The van der Waals surface area contributed by atoms with Gasteiger partial charge in [0.05, 0.1) is 11.0 Å². The molecule has 0 spiro atoms. The van der Waals surface area contributed by atoms with E-state index in [4.69, 9.17) is 11.6 Å². The molecule has 0 atom stereocenters. The van der Waals surface area contributed by atoms with Gasteiger partial charge in [0, 0.05) is 24.9 Å². The minimum absolute atomic E-state index is 0.180. The van der Waals surface area contributed by atoms with Crippen molar-refractivity contribution in [2.75, 3.05) is 5.88 Å². The lowest BCUT2D eigenvalue weighted by atomic mass is 10.0. The fraction of sp³-hybridized carbons (Fsp3) is 0.588. The second-order valence-corrected chi connectivity index (χ2v) is 6.53. The van der Waals surface area contributed by atoms with E-state index in [2.05, 4.69) is 9.55 Å². The fourth-order valence-corrected chi connectivity index (χ4v) is 3.60. The molecular formula is C17H22ClFN2. The molecule has 0 saturated heterocycles. The van der Waals surface area contributed by atoms with E-state index in [1.165, 1.54) is 32.1 Å². The second kappa shape index (κ2) is 6.35. The molecule has 0 radical (unpaired) electrons. The van der Waals surface area contributed by atoms with Gasteiger partial charge in [-0.25, -0.2) is 9.37 Å². The minimum Gasteiger partial charge on any atom is -0.328 e. The van der Waals surface area contributed by atoms with Crippen molar-refractivity contribution in [1.82, 2.24) is 9.55 Å². The van der Waals surface area contributed by atoms with E-state index in [0.29, 0.717) is 11.4 Å². The topological polar surface area (TPSA) is 17.8 Å². The molecule has 1 saturated carbocycles. The lowest BCUT2D eigenvalue weighted by molar-refractivity contribution is 0.457. The first-order valence-electron chi connectivity index (χ1n) is 7.90. The van der Waals surface area contributed by atoms with E-state index in [-0.39, 0.29) is 5.82 Å². The summed E-state index contributed by atoms with van der Waals surface area (Å²) in [6.07, 6.45) is 7.37. The molecule has 4 heteroatoms. The van der Waals surface area contributed by atoms with Crippen molar-refractivity contribution in [2.45, 2.75) is 52.0 Å². The number of imidazole rings is 1. The Morgan fingerprint density at radius 2 is 2.10 bits per heavy atom.